The van der Waals surface area contributed by atoms with Gasteiger partial charge in [-0.05, 0) is 56.5 Å². The van der Waals surface area contributed by atoms with Crippen LogP contribution in [0.5, 0.6) is 5.75 Å². The number of benzene rings is 1. The summed E-state index contributed by atoms with van der Waals surface area (Å²) < 4.78 is 7.64. The third-order valence-corrected chi connectivity index (χ3v) is 7.27. The van der Waals surface area contributed by atoms with Crippen LogP contribution in [0.2, 0.25) is 0 Å². The number of carbonyl (C=O) groups is 2. The lowest BCUT2D eigenvalue weighted by Gasteiger charge is -2.22. The predicted octanol–water partition coefficient (Wildman–Crippen LogP) is 4.92. The summed E-state index contributed by atoms with van der Waals surface area (Å²) in [4.78, 5) is 32.7. The highest BCUT2D eigenvalue weighted by atomic mass is 32.1. The molecule has 190 valence electrons. The van der Waals surface area contributed by atoms with Crippen molar-refractivity contribution >= 4 is 39.6 Å². The Kier molecular flexibility index (Phi) is 6.51. The van der Waals surface area contributed by atoms with Crippen LogP contribution in [0.4, 0.5) is 5.13 Å². The van der Waals surface area contributed by atoms with Gasteiger partial charge >= 0.3 is 5.91 Å². The normalized spacial score (nSPS) is 17.2. The molecule has 3 aromatic heterocycles. The van der Waals surface area contributed by atoms with Crippen LogP contribution in [-0.4, -0.2) is 43.0 Å². The van der Waals surface area contributed by atoms with E-state index in [9.17, 15) is 14.7 Å². The lowest BCUT2D eigenvalue weighted by molar-refractivity contribution is -0.132. The molecule has 4 aromatic rings. The van der Waals surface area contributed by atoms with Gasteiger partial charge in [0.2, 0.25) is 5.13 Å². The van der Waals surface area contributed by atoms with E-state index >= 15 is 0 Å². The molecule has 1 aromatic carbocycles. The van der Waals surface area contributed by atoms with E-state index in [0.717, 1.165) is 18.4 Å². The van der Waals surface area contributed by atoms with Gasteiger partial charge < -0.3 is 14.2 Å². The van der Waals surface area contributed by atoms with E-state index in [1.165, 1.54) is 16.2 Å². The van der Waals surface area contributed by atoms with E-state index in [0.29, 0.717) is 34.3 Å². The standard InChI is InChI=1S/C27H27N5O4S/c1-5-6-14-36-19-11-9-18(10-12-19)22-20(24(34)26(35)32(22)27-30-29-17(4)37-27)23(33)21-16(3)31-13-7-8-15(2)25(31)28-21/h7-13,22,33H,5-6,14H2,1-4H3. The summed E-state index contributed by atoms with van der Waals surface area (Å²) >= 11 is 1.21. The first-order chi connectivity index (χ1) is 17.8. The molecule has 4 heterocycles. The number of amides is 1. The lowest BCUT2D eigenvalue weighted by Crippen LogP contribution is -2.29. The fourth-order valence-corrected chi connectivity index (χ4v) is 5.20. The zero-order valence-corrected chi connectivity index (χ0v) is 21.9. The second-order valence-corrected chi connectivity index (χ2v) is 10.1. The topological polar surface area (TPSA) is 110 Å². The molecule has 0 bridgehead atoms. The molecule has 9 nitrogen and oxygen atoms in total. The van der Waals surface area contributed by atoms with E-state index in [1.54, 1.807) is 31.2 Å². The number of aliphatic hydroxyl groups is 1. The van der Waals surface area contributed by atoms with Crippen molar-refractivity contribution in [3.63, 3.8) is 0 Å². The molecule has 5 rings (SSSR count). The number of ketones is 1. The van der Waals surface area contributed by atoms with Crippen molar-refractivity contribution in [1.29, 1.82) is 0 Å². The van der Waals surface area contributed by atoms with Crippen LogP contribution in [0.1, 0.15) is 53.3 Å². The van der Waals surface area contributed by atoms with Crippen LogP contribution < -0.4 is 9.64 Å². The lowest BCUT2D eigenvalue weighted by atomic mass is 9.96. The molecule has 0 radical (unpaired) electrons. The van der Waals surface area contributed by atoms with Crippen molar-refractivity contribution in [2.24, 2.45) is 0 Å². The number of Topliss-reactive ketones (excluding diaryl/α,β-unsaturated/α-hetero) is 1. The minimum absolute atomic E-state index is 0.0401. The Morgan fingerprint density at radius 1 is 1.11 bits per heavy atom. The molecular formula is C27H27N5O4S. The first kappa shape index (κ1) is 24.6. The molecule has 1 N–H and O–H groups in total. The van der Waals surface area contributed by atoms with Gasteiger partial charge in [0.05, 0.1) is 23.9 Å². The Morgan fingerprint density at radius 2 is 1.86 bits per heavy atom. The van der Waals surface area contributed by atoms with Crippen molar-refractivity contribution in [1.82, 2.24) is 19.6 Å². The summed E-state index contributed by atoms with van der Waals surface area (Å²) in [5.74, 6) is -1.21. The molecular weight excluding hydrogens is 490 g/mol. The predicted molar refractivity (Wildman–Crippen MR) is 141 cm³/mol. The monoisotopic (exact) mass is 517 g/mol. The van der Waals surface area contributed by atoms with Gasteiger partial charge in [-0.3, -0.25) is 14.5 Å². The maximum absolute atomic E-state index is 13.4. The van der Waals surface area contributed by atoms with Crippen molar-refractivity contribution in [3.8, 4) is 5.75 Å². The van der Waals surface area contributed by atoms with E-state index in [-0.39, 0.29) is 22.2 Å². The Bertz CT molecular complexity index is 1540. The molecule has 0 saturated carbocycles. The fourth-order valence-electron chi connectivity index (χ4n) is 4.48. The quantitative estimate of drug-likeness (QED) is 0.160. The maximum Gasteiger partial charge on any atom is 0.301 e. The van der Waals surface area contributed by atoms with E-state index in [4.69, 9.17) is 4.74 Å². The minimum atomic E-state index is -0.901. The summed E-state index contributed by atoms with van der Waals surface area (Å²) in [6.45, 7) is 8.21. The molecule has 0 aliphatic carbocycles. The van der Waals surface area contributed by atoms with Crippen LogP contribution in [-0.2, 0) is 9.59 Å². The smallest absolute Gasteiger partial charge is 0.301 e. The molecule has 0 spiro atoms. The zero-order valence-electron chi connectivity index (χ0n) is 21.1. The van der Waals surface area contributed by atoms with Crippen LogP contribution in [0.25, 0.3) is 11.4 Å². The van der Waals surface area contributed by atoms with E-state index in [1.807, 2.05) is 36.6 Å². The number of imidazole rings is 1. The number of pyridine rings is 1. The van der Waals surface area contributed by atoms with Gasteiger partial charge in [-0.1, -0.05) is 42.9 Å². The fraction of sp³-hybridized carbons (Fsp3) is 0.296. The Hall–Kier alpha value is -4.05. The highest BCUT2D eigenvalue weighted by molar-refractivity contribution is 7.15. The number of unbranched alkanes of at least 4 members (excludes halogenated alkanes) is 1. The third kappa shape index (κ3) is 4.27. The zero-order chi connectivity index (χ0) is 26.3. The summed E-state index contributed by atoms with van der Waals surface area (Å²) in [5, 5.41) is 20.6. The number of carbonyl (C=O) groups excluding carboxylic acids is 2. The van der Waals surface area contributed by atoms with Crippen LogP contribution in [0.3, 0.4) is 0 Å². The molecule has 1 amide bonds. The largest absolute Gasteiger partial charge is 0.505 e. The average molecular weight is 518 g/mol. The van der Waals surface area contributed by atoms with E-state index < -0.39 is 17.7 Å². The molecule has 10 heteroatoms. The number of aryl methyl sites for hydroxylation is 3. The summed E-state index contributed by atoms with van der Waals surface area (Å²) in [5.41, 5.74) is 3.10. The Morgan fingerprint density at radius 3 is 2.51 bits per heavy atom. The number of ether oxygens (including phenoxy) is 1. The minimum Gasteiger partial charge on any atom is -0.505 e. The first-order valence-corrected chi connectivity index (χ1v) is 12.9. The van der Waals surface area contributed by atoms with Gasteiger partial charge in [0.25, 0.3) is 5.78 Å². The number of aromatic nitrogens is 4. The highest BCUT2D eigenvalue weighted by Crippen LogP contribution is 2.43. The number of anilines is 1. The number of nitrogens with zero attached hydrogens (tertiary/aromatic N) is 5. The Labute approximate surface area is 218 Å². The van der Waals surface area contributed by atoms with Crippen molar-refractivity contribution in [3.05, 3.63) is 75.7 Å². The van der Waals surface area contributed by atoms with Crippen molar-refractivity contribution in [2.75, 3.05) is 11.5 Å². The van der Waals surface area contributed by atoms with Crippen LogP contribution in [0, 0.1) is 20.8 Å². The number of rotatable bonds is 7. The molecule has 1 aliphatic heterocycles. The molecule has 1 fully saturated rings. The molecule has 1 aliphatic rings. The maximum atomic E-state index is 13.4. The summed E-state index contributed by atoms with van der Waals surface area (Å²) in [6.07, 6.45) is 3.81. The van der Waals surface area contributed by atoms with Crippen molar-refractivity contribution in [2.45, 2.75) is 46.6 Å². The van der Waals surface area contributed by atoms with Crippen LogP contribution in [0.15, 0.2) is 48.2 Å². The number of hydrogen-bond donors (Lipinski definition) is 1. The second-order valence-electron chi connectivity index (χ2n) is 8.97. The number of hydrogen-bond acceptors (Lipinski definition) is 8. The summed E-state index contributed by atoms with van der Waals surface area (Å²) in [6, 6.07) is 10.1. The van der Waals surface area contributed by atoms with Gasteiger partial charge in [-0.15, -0.1) is 10.2 Å². The van der Waals surface area contributed by atoms with Gasteiger partial charge in [0.15, 0.2) is 5.76 Å². The number of fused-ring (bicyclic) bond motifs is 1. The number of aliphatic hydroxyl groups excluding tert-OH is 1. The molecule has 1 saturated heterocycles. The third-order valence-electron chi connectivity index (χ3n) is 6.44. The van der Waals surface area contributed by atoms with Gasteiger partial charge in [-0.25, -0.2) is 4.98 Å². The SMILES string of the molecule is CCCCOc1ccc(C2C(=C(O)c3nc4c(C)cccn4c3C)C(=O)C(=O)N2c2nnc(C)s2)cc1. The summed E-state index contributed by atoms with van der Waals surface area (Å²) in [7, 11) is 0. The van der Waals surface area contributed by atoms with E-state index in [2.05, 4.69) is 22.1 Å². The van der Waals surface area contributed by atoms with Crippen LogP contribution >= 0.6 is 11.3 Å². The van der Waals surface area contributed by atoms with Gasteiger partial charge in [0, 0.05) is 6.20 Å². The van der Waals surface area contributed by atoms with Gasteiger partial charge in [-0.2, -0.15) is 0 Å². The average Bonchev–Trinajstić information content (AvgIpc) is 3.54. The molecule has 37 heavy (non-hydrogen) atoms. The molecule has 1 unspecified atom stereocenters. The highest BCUT2D eigenvalue weighted by Gasteiger charge is 2.48. The van der Waals surface area contributed by atoms with Crippen molar-refractivity contribution < 1.29 is 19.4 Å². The van der Waals surface area contributed by atoms with Gasteiger partial charge in [0.1, 0.15) is 22.1 Å². The Balaban J connectivity index is 1.66. The first-order valence-electron chi connectivity index (χ1n) is 12.1. The second kappa shape index (κ2) is 9.78. The molecule has 1 atom stereocenters.